The van der Waals surface area contributed by atoms with Crippen LogP contribution in [0.1, 0.15) is 44.4 Å². The zero-order valence-electron chi connectivity index (χ0n) is 15.2. The fourth-order valence-corrected chi connectivity index (χ4v) is 1.72. The van der Waals surface area contributed by atoms with Crippen LogP contribution < -0.4 is 5.32 Å². The average molecular weight is 311 g/mol. The van der Waals surface area contributed by atoms with Crippen molar-refractivity contribution in [3.05, 3.63) is 65.9 Å². The molecule has 1 heterocycles. The number of nitrogens with zero attached hydrogens (tertiary/aromatic N) is 2. The van der Waals surface area contributed by atoms with Crippen molar-refractivity contribution in [2.75, 3.05) is 5.32 Å². The molecule has 0 radical (unpaired) electrons. The van der Waals surface area contributed by atoms with Gasteiger partial charge in [-0.05, 0) is 31.5 Å². The van der Waals surface area contributed by atoms with Crippen molar-refractivity contribution in [3.8, 4) is 0 Å². The molecule has 0 spiro atoms. The van der Waals surface area contributed by atoms with E-state index in [0.29, 0.717) is 0 Å². The first-order chi connectivity index (χ1) is 11.2. The molecule has 0 aliphatic carbocycles. The summed E-state index contributed by atoms with van der Waals surface area (Å²) in [6.45, 7) is 15.8. The van der Waals surface area contributed by atoms with Gasteiger partial charge in [0.25, 0.3) is 0 Å². The summed E-state index contributed by atoms with van der Waals surface area (Å²) >= 11 is 0. The predicted molar refractivity (Wildman–Crippen MR) is 103 cm³/mol. The van der Waals surface area contributed by atoms with Crippen LogP contribution in [0.5, 0.6) is 0 Å². The van der Waals surface area contributed by atoms with E-state index in [-0.39, 0.29) is 0 Å². The quantitative estimate of drug-likeness (QED) is 0.694. The average Bonchev–Trinajstić information content (AvgIpc) is 2.60. The second-order valence-corrected chi connectivity index (χ2v) is 4.38. The number of benzene rings is 1. The molecule has 23 heavy (non-hydrogen) atoms. The summed E-state index contributed by atoms with van der Waals surface area (Å²) in [7, 11) is 0. The van der Waals surface area contributed by atoms with E-state index in [9.17, 15) is 0 Å². The lowest BCUT2D eigenvalue weighted by Gasteiger charge is -2.10. The van der Waals surface area contributed by atoms with Crippen LogP contribution in [0, 0.1) is 13.8 Å². The van der Waals surface area contributed by atoms with Crippen LogP contribution in [-0.2, 0) is 0 Å². The van der Waals surface area contributed by atoms with Gasteiger partial charge in [-0.25, -0.2) is 0 Å². The van der Waals surface area contributed by atoms with Gasteiger partial charge in [-0.1, -0.05) is 70.2 Å². The number of rotatable bonds is 4. The Morgan fingerprint density at radius 3 is 2.17 bits per heavy atom. The van der Waals surface area contributed by atoms with Crippen LogP contribution in [-0.4, -0.2) is 10.2 Å². The summed E-state index contributed by atoms with van der Waals surface area (Å²) in [5.41, 5.74) is 4.32. The standard InChI is InChI=1S/C16H17N3.2C2H6/c1-4-5-6-15-13(3)11-17-19-16(15)18-14-9-7-12(2)8-10-14;2*1-2/h4-11H,1H2,2-3H3,(H,18,19);2*1-2H3/b6-5-;;. The Kier molecular flexibility index (Phi) is 10.9. The summed E-state index contributed by atoms with van der Waals surface area (Å²) < 4.78 is 0. The van der Waals surface area contributed by atoms with Gasteiger partial charge in [-0.15, -0.1) is 5.10 Å². The molecule has 124 valence electrons. The van der Waals surface area contributed by atoms with Crippen LogP contribution in [0.4, 0.5) is 11.5 Å². The molecule has 0 aliphatic rings. The van der Waals surface area contributed by atoms with E-state index >= 15 is 0 Å². The maximum atomic E-state index is 4.16. The second-order valence-electron chi connectivity index (χ2n) is 4.38. The maximum Gasteiger partial charge on any atom is 0.160 e. The zero-order chi connectivity index (χ0) is 17.7. The van der Waals surface area contributed by atoms with Crippen LogP contribution in [0.15, 0.2) is 49.2 Å². The fraction of sp³-hybridized carbons (Fsp3) is 0.300. The third-order valence-electron chi connectivity index (χ3n) is 2.80. The van der Waals surface area contributed by atoms with Gasteiger partial charge in [0.15, 0.2) is 5.82 Å². The van der Waals surface area contributed by atoms with Crippen LogP contribution in [0.2, 0.25) is 0 Å². The van der Waals surface area contributed by atoms with E-state index in [1.807, 2.05) is 58.9 Å². The molecule has 2 rings (SSSR count). The third kappa shape index (κ3) is 6.92. The van der Waals surface area contributed by atoms with Crippen molar-refractivity contribution in [2.45, 2.75) is 41.5 Å². The third-order valence-corrected chi connectivity index (χ3v) is 2.80. The molecule has 0 amide bonds. The molecular formula is C20H29N3. The first-order valence-electron chi connectivity index (χ1n) is 8.16. The van der Waals surface area contributed by atoms with E-state index < -0.39 is 0 Å². The molecule has 1 N–H and O–H groups in total. The Bertz CT molecular complexity index is 599. The summed E-state index contributed by atoms with van der Waals surface area (Å²) in [6.07, 6.45) is 7.37. The van der Waals surface area contributed by atoms with E-state index in [2.05, 4.69) is 41.1 Å². The van der Waals surface area contributed by atoms with E-state index in [1.54, 1.807) is 12.3 Å². The Balaban J connectivity index is 0.00000112. The van der Waals surface area contributed by atoms with Gasteiger partial charge in [-0.2, -0.15) is 5.10 Å². The Hall–Kier alpha value is -2.42. The SMILES string of the molecule is C=C/C=C\c1c(C)cnnc1Nc1ccc(C)cc1.CC.CC. The molecular weight excluding hydrogens is 282 g/mol. The Morgan fingerprint density at radius 1 is 1.00 bits per heavy atom. The zero-order valence-corrected chi connectivity index (χ0v) is 15.2. The van der Waals surface area contributed by atoms with Crippen molar-refractivity contribution in [1.82, 2.24) is 10.2 Å². The summed E-state index contributed by atoms with van der Waals surface area (Å²) in [5.74, 6) is 0.752. The number of allylic oxidation sites excluding steroid dienone is 2. The number of nitrogens with one attached hydrogen (secondary N) is 1. The van der Waals surface area contributed by atoms with E-state index in [1.165, 1.54) is 5.56 Å². The second kappa shape index (κ2) is 12.2. The van der Waals surface area contributed by atoms with Crippen molar-refractivity contribution in [1.29, 1.82) is 0 Å². The molecule has 1 aromatic heterocycles. The molecule has 3 nitrogen and oxygen atoms in total. The van der Waals surface area contributed by atoms with Gasteiger partial charge in [0.1, 0.15) is 0 Å². The molecule has 0 saturated carbocycles. The molecule has 0 unspecified atom stereocenters. The maximum absolute atomic E-state index is 4.16. The fourth-order valence-electron chi connectivity index (χ4n) is 1.72. The molecule has 0 fully saturated rings. The Morgan fingerprint density at radius 2 is 1.61 bits per heavy atom. The minimum Gasteiger partial charge on any atom is -0.338 e. The number of anilines is 2. The number of aryl methyl sites for hydroxylation is 2. The van der Waals surface area contributed by atoms with E-state index in [4.69, 9.17) is 0 Å². The molecule has 1 aromatic carbocycles. The lowest BCUT2D eigenvalue weighted by molar-refractivity contribution is 1.02. The largest absolute Gasteiger partial charge is 0.338 e. The summed E-state index contributed by atoms with van der Waals surface area (Å²) in [4.78, 5) is 0. The summed E-state index contributed by atoms with van der Waals surface area (Å²) in [6, 6.07) is 8.18. The molecule has 0 aliphatic heterocycles. The van der Waals surface area contributed by atoms with Crippen LogP contribution in [0.3, 0.4) is 0 Å². The first-order valence-corrected chi connectivity index (χ1v) is 8.16. The van der Waals surface area contributed by atoms with Gasteiger partial charge in [0.2, 0.25) is 0 Å². The minimum atomic E-state index is 0.752. The highest BCUT2D eigenvalue weighted by Crippen LogP contribution is 2.22. The summed E-state index contributed by atoms with van der Waals surface area (Å²) in [5, 5.41) is 11.4. The molecule has 0 atom stereocenters. The van der Waals surface area contributed by atoms with Crippen molar-refractivity contribution in [2.24, 2.45) is 0 Å². The molecule has 0 bridgehead atoms. The van der Waals surface area contributed by atoms with Gasteiger partial charge >= 0.3 is 0 Å². The van der Waals surface area contributed by atoms with E-state index in [0.717, 1.165) is 22.6 Å². The highest BCUT2D eigenvalue weighted by molar-refractivity contribution is 5.70. The molecule has 3 heteroatoms. The smallest absolute Gasteiger partial charge is 0.160 e. The molecule has 0 saturated heterocycles. The van der Waals surface area contributed by atoms with Crippen molar-refractivity contribution < 1.29 is 0 Å². The lowest BCUT2D eigenvalue weighted by atomic mass is 10.1. The lowest BCUT2D eigenvalue weighted by Crippen LogP contribution is -2.00. The predicted octanol–water partition coefficient (Wildman–Crippen LogP) is 6.09. The van der Waals surface area contributed by atoms with Gasteiger partial charge in [-0.3, -0.25) is 0 Å². The topological polar surface area (TPSA) is 37.8 Å². The van der Waals surface area contributed by atoms with Gasteiger partial charge in [0, 0.05) is 11.3 Å². The van der Waals surface area contributed by atoms with Crippen LogP contribution in [0.25, 0.3) is 6.08 Å². The first kappa shape index (κ1) is 20.6. The monoisotopic (exact) mass is 311 g/mol. The number of hydrogen-bond donors (Lipinski definition) is 1. The van der Waals surface area contributed by atoms with Crippen molar-refractivity contribution >= 4 is 17.6 Å². The highest BCUT2D eigenvalue weighted by atomic mass is 15.2. The number of hydrogen-bond acceptors (Lipinski definition) is 3. The normalized spacial score (nSPS) is 9.30. The van der Waals surface area contributed by atoms with Gasteiger partial charge in [0.05, 0.1) is 6.20 Å². The number of aromatic nitrogens is 2. The highest BCUT2D eigenvalue weighted by Gasteiger charge is 2.05. The Labute approximate surface area is 141 Å². The van der Waals surface area contributed by atoms with Gasteiger partial charge < -0.3 is 5.32 Å². The molecule has 2 aromatic rings. The minimum absolute atomic E-state index is 0.752. The van der Waals surface area contributed by atoms with Crippen LogP contribution >= 0.6 is 0 Å². The van der Waals surface area contributed by atoms with Crippen molar-refractivity contribution in [3.63, 3.8) is 0 Å².